The molecule has 0 unspecified atom stereocenters. The Balaban J connectivity index is 1.82. The lowest BCUT2D eigenvalue weighted by molar-refractivity contribution is 0.450. The second kappa shape index (κ2) is 8.67. The minimum atomic E-state index is 0.759. The summed E-state index contributed by atoms with van der Waals surface area (Å²) in [5, 5.41) is 0. The van der Waals surface area contributed by atoms with Crippen molar-refractivity contribution >= 4 is 31.9 Å². The zero-order valence-corrected chi connectivity index (χ0v) is 17.6. The van der Waals surface area contributed by atoms with Crippen molar-refractivity contribution in [3.63, 3.8) is 0 Å². The Labute approximate surface area is 163 Å². The summed E-state index contributed by atoms with van der Waals surface area (Å²) in [6.07, 6.45) is 10.6. The minimum Gasteiger partial charge on any atom is -0.0654 e. The first-order valence-corrected chi connectivity index (χ1v) is 10.8. The van der Waals surface area contributed by atoms with Gasteiger partial charge in [-0.3, -0.25) is 0 Å². The number of unbranched alkanes of at least 4 members (excludes halogenated alkanes) is 4. The van der Waals surface area contributed by atoms with Crippen molar-refractivity contribution in [1.82, 2.24) is 0 Å². The molecule has 0 nitrogen and oxygen atoms in total. The first-order chi connectivity index (χ1) is 11.7. The normalized spacial score (nSPS) is 14.1. The van der Waals surface area contributed by atoms with Gasteiger partial charge in [0.2, 0.25) is 0 Å². The van der Waals surface area contributed by atoms with Crippen LogP contribution in [0.2, 0.25) is 0 Å². The molecule has 0 spiro atoms. The summed E-state index contributed by atoms with van der Waals surface area (Å²) in [7, 11) is 0. The SMILES string of the molecule is CCCCCCCC1Cc2cc(Br)ccc2-c2ccc(Br)cc2C1. The number of hydrogen-bond acceptors (Lipinski definition) is 0. The van der Waals surface area contributed by atoms with Gasteiger partial charge >= 0.3 is 0 Å². The molecule has 2 aromatic carbocycles. The van der Waals surface area contributed by atoms with Crippen LogP contribution in [0.5, 0.6) is 0 Å². The standard InChI is InChI=1S/C22H26Br2/c1-2-3-4-5-6-7-16-12-17-14-19(23)8-10-21(17)22-11-9-20(24)15-18(22)13-16/h8-11,14-16H,2-7,12-13H2,1H3. The lowest BCUT2D eigenvalue weighted by Gasteiger charge is -2.15. The van der Waals surface area contributed by atoms with E-state index in [1.165, 1.54) is 82.6 Å². The van der Waals surface area contributed by atoms with E-state index in [0.29, 0.717) is 0 Å². The van der Waals surface area contributed by atoms with Crippen LogP contribution in [-0.4, -0.2) is 0 Å². The van der Waals surface area contributed by atoms with E-state index in [9.17, 15) is 0 Å². The average molecular weight is 450 g/mol. The first-order valence-electron chi connectivity index (χ1n) is 9.24. The summed E-state index contributed by atoms with van der Waals surface area (Å²) in [6.45, 7) is 2.29. The molecule has 3 rings (SSSR count). The van der Waals surface area contributed by atoms with E-state index in [1.54, 1.807) is 0 Å². The Hall–Kier alpha value is -0.600. The van der Waals surface area contributed by atoms with E-state index in [0.717, 1.165) is 5.92 Å². The van der Waals surface area contributed by atoms with Crippen LogP contribution in [0, 0.1) is 5.92 Å². The number of rotatable bonds is 6. The van der Waals surface area contributed by atoms with Gasteiger partial charge in [-0.05, 0) is 71.7 Å². The van der Waals surface area contributed by atoms with E-state index in [1.807, 2.05) is 0 Å². The zero-order chi connectivity index (χ0) is 16.9. The van der Waals surface area contributed by atoms with Crippen LogP contribution in [-0.2, 0) is 12.8 Å². The smallest absolute Gasteiger partial charge is 0.0178 e. The Morgan fingerprint density at radius 1 is 0.792 bits per heavy atom. The van der Waals surface area contributed by atoms with Crippen LogP contribution in [0.3, 0.4) is 0 Å². The second-order valence-electron chi connectivity index (χ2n) is 7.08. The molecule has 1 aliphatic carbocycles. The van der Waals surface area contributed by atoms with Crippen LogP contribution in [0.4, 0.5) is 0 Å². The van der Waals surface area contributed by atoms with Gasteiger partial charge in [0.15, 0.2) is 0 Å². The average Bonchev–Trinajstić information content (AvgIpc) is 2.70. The van der Waals surface area contributed by atoms with Crippen LogP contribution in [0.1, 0.15) is 56.6 Å². The summed E-state index contributed by atoms with van der Waals surface area (Å²) < 4.78 is 2.40. The van der Waals surface area contributed by atoms with Gasteiger partial charge in [0, 0.05) is 8.95 Å². The Morgan fingerprint density at radius 3 is 1.88 bits per heavy atom. The third kappa shape index (κ3) is 4.52. The molecule has 0 saturated heterocycles. The zero-order valence-electron chi connectivity index (χ0n) is 14.5. The molecule has 0 heterocycles. The van der Waals surface area contributed by atoms with Crippen molar-refractivity contribution in [2.45, 2.75) is 58.3 Å². The molecule has 0 aliphatic heterocycles. The highest BCUT2D eigenvalue weighted by molar-refractivity contribution is 9.10. The van der Waals surface area contributed by atoms with Crippen molar-refractivity contribution < 1.29 is 0 Å². The topological polar surface area (TPSA) is 0 Å². The first kappa shape index (κ1) is 18.2. The summed E-state index contributed by atoms with van der Waals surface area (Å²) in [6, 6.07) is 13.6. The lowest BCUT2D eigenvalue weighted by atomic mass is 9.90. The molecule has 0 bridgehead atoms. The predicted octanol–water partition coefficient (Wildman–Crippen LogP) is 7.95. The number of fused-ring (bicyclic) bond motifs is 3. The molecule has 2 heteroatoms. The third-order valence-corrected chi connectivity index (χ3v) is 6.14. The molecule has 0 fully saturated rings. The monoisotopic (exact) mass is 448 g/mol. The van der Waals surface area contributed by atoms with Gasteiger partial charge in [0.1, 0.15) is 0 Å². The fourth-order valence-corrected chi connectivity index (χ4v) is 4.74. The predicted molar refractivity (Wildman–Crippen MR) is 112 cm³/mol. The van der Waals surface area contributed by atoms with Gasteiger partial charge < -0.3 is 0 Å². The molecule has 0 atom stereocenters. The Kier molecular flexibility index (Phi) is 6.57. The molecular formula is C22H26Br2. The number of hydrogen-bond donors (Lipinski definition) is 0. The van der Waals surface area contributed by atoms with Crippen LogP contribution in [0.25, 0.3) is 11.1 Å². The fourth-order valence-electron chi connectivity index (χ4n) is 3.92. The molecular weight excluding hydrogens is 424 g/mol. The fraction of sp³-hybridized carbons (Fsp3) is 0.455. The highest BCUT2D eigenvalue weighted by Gasteiger charge is 2.21. The largest absolute Gasteiger partial charge is 0.0654 e. The molecule has 0 N–H and O–H groups in total. The summed E-state index contributed by atoms with van der Waals surface area (Å²) in [5.74, 6) is 0.759. The maximum absolute atomic E-state index is 3.66. The van der Waals surface area contributed by atoms with Gasteiger partial charge in [-0.25, -0.2) is 0 Å². The van der Waals surface area contributed by atoms with E-state index in [2.05, 4.69) is 75.2 Å². The summed E-state index contributed by atoms with van der Waals surface area (Å²) >= 11 is 7.32. The molecule has 24 heavy (non-hydrogen) atoms. The lowest BCUT2D eigenvalue weighted by Crippen LogP contribution is -2.07. The van der Waals surface area contributed by atoms with Gasteiger partial charge in [0.05, 0.1) is 0 Å². The van der Waals surface area contributed by atoms with E-state index in [4.69, 9.17) is 0 Å². The van der Waals surface area contributed by atoms with Crippen molar-refractivity contribution in [2.75, 3.05) is 0 Å². The van der Waals surface area contributed by atoms with Crippen molar-refractivity contribution in [2.24, 2.45) is 5.92 Å². The van der Waals surface area contributed by atoms with Crippen molar-refractivity contribution in [3.05, 3.63) is 56.5 Å². The van der Waals surface area contributed by atoms with E-state index in [-0.39, 0.29) is 0 Å². The van der Waals surface area contributed by atoms with Gasteiger partial charge in [-0.1, -0.05) is 83.0 Å². The van der Waals surface area contributed by atoms with E-state index < -0.39 is 0 Å². The maximum Gasteiger partial charge on any atom is 0.0178 e. The Bertz CT molecular complexity index is 637. The summed E-state index contributed by atoms with van der Waals surface area (Å²) in [5.41, 5.74) is 5.86. The van der Waals surface area contributed by atoms with Gasteiger partial charge in [-0.2, -0.15) is 0 Å². The highest BCUT2D eigenvalue weighted by atomic mass is 79.9. The summed E-state index contributed by atoms with van der Waals surface area (Å²) in [4.78, 5) is 0. The molecule has 0 amide bonds. The molecule has 2 aromatic rings. The molecule has 0 aromatic heterocycles. The Morgan fingerprint density at radius 2 is 1.33 bits per heavy atom. The molecule has 0 saturated carbocycles. The second-order valence-corrected chi connectivity index (χ2v) is 8.91. The third-order valence-electron chi connectivity index (χ3n) is 5.16. The maximum atomic E-state index is 3.66. The van der Waals surface area contributed by atoms with Crippen molar-refractivity contribution in [3.8, 4) is 11.1 Å². The van der Waals surface area contributed by atoms with E-state index >= 15 is 0 Å². The number of halogens is 2. The van der Waals surface area contributed by atoms with Gasteiger partial charge in [-0.15, -0.1) is 0 Å². The quantitative estimate of drug-likeness (QED) is 0.392. The van der Waals surface area contributed by atoms with Gasteiger partial charge in [0.25, 0.3) is 0 Å². The highest BCUT2D eigenvalue weighted by Crippen LogP contribution is 2.38. The number of benzene rings is 2. The molecule has 128 valence electrons. The minimum absolute atomic E-state index is 0.759. The van der Waals surface area contributed by atoms with Crippen LogP contribution < -0.4 is 0 Å². The molecule has 0 radical (unpaired) electrons. The van der Waals surface area contributed by atoms with Crippen LogP contribution >= 0.6 is 31.9 Å². The molecule has 1 aliphatic rings. The van der Waals surface area contributed by atoms with Crippen LogP contribution in [0.15, 0.2) is 45.3 Å². The van der Waals surface area contributed by atoms with Crippen molar-refractivity contribution in [1.29, 1.82) is 0 Å².